The molecule has 5 heteroatoms. The van der Waals surface area contributed by atoms with Crippen LogP contribution in [0.3, 0.4) is 0 Å². The summed E-state index contributed by atoms with van der Waals surface area (Å²) in [6.07, 6.45) is 8.57. The Labute approximate surface area is 131 Å². The molecule has 22 heavy (non-hydrogen) atoms. The van der Waals surface area contributed by atoms with Gasteiger partial charge in [-0.2, -0.15) is 5.10 Å². The first-order valence-corrected chi connectivity index (χ1v) is 8.58. The minimum absolute atomic E-state index is 0.0314. The van der Waals surface area contributed by atoms with Gasteiger partial charge in [0.15, 0.2) is 0 Å². The third kappa shape index (κ3) is 2.18. The highest BCUT2D eigenvalue weighted by Gasteiger charge is 2.57. The third-order valence-electron chi connectivity index (χ3n) is 5.94. The van der Waals surface area contributed by atoms with E-state index in [4.69, 9.17) is 4.74 Å². The summed E-state index contributed by atoms with van der Waals surface area (Å²) in [4.78, 5) is 12.6. The average Bonchev–Trinajstić information content (AvgIpc) is 3.18. The van der Waals surface area contributed by atoms with Crippen LogP contribution in [0.5, 0.6) is 0 Å². The number of aromatic nitrogens is 2. The summed E-state index contributed by atoms with van der Waals surface area (Å²) >= 11 is 0. The number of aryl methyl sites for hydroxylation is 2. The molecular formula is C17H25N3O2. The summed E-state index contributed by atoms with van der Waals surface area (Å²) in [6, 6.07) is 0.294. The Morgan fingerprint density at radius 2 is 2.14 bits per heavy atom. The predicted molar refractivity (Wildman–Crippen MR) is 82.5 cm³/mol. The monoisotopic (exact) mass is 303 g/mol. The fraction of sp³-hybridized carbons (Fsp3) is 0.765. The van der Waals surface area contributed by atoms with E-state index in [9.17, 15) is 4.79 Å². The van der Waals surface area contributed by atoms with Crippen molar-refractivity contribution >= 4 is 5.91 Å². The summed E-state index contributed by atoms with van der Waals surface area (Å²) in [7, 11) is 1.86. The highest BCUT2D eigenvalue weighted by molar-refractivity contribution is 5.95. The highest BCUT2D eigenvalue weighted by Crippen LogP contribution is 2.51. The SMILES string of the molecule is Cc1nn(C)cc1C(=O)N[C@H]1[C@H]2CCO[C@H]2[C@H]1C1CCCC1. The van der Waals surface area contributed by atoms with Gasteiger partial charge < -0.3 is 10.1 Å². The molecule has 2 saturated carbocycles. The molecule has 1 amide bonds. The van der Waals surface area contributed by atoms with E-state index in [0.29, 0.717) is 29.5 Å². The second-order valence-corrected chi connectivity index (χ2v) is 7.21. The molecule has 4 rings (SSSR count). The van der Waals surface area contributed by atoms with Crippen LogP contribution < -0.4 is 5.32 Å². The molecule has 0 radical (unpaired) electrons. The third-order valence-corrected chi connectivity index (χ3v) is 5.94. The average molecular weight is 303 g/mol. The molecule has 2 aliphatic carbocycles. The lowest BCUT2D eigenvalue weighted by Gasteiger charge is -2.50. The first-order valence-electron chi connectivity index (χ1n) is 8.58. The smallest absolute Gasteiger partial charge is 0.254 e. The van der Waals surface area contributed by atoms with Gasteiger partial charge in [0.05, 0.1) is 17.4 Å². The van der Waals surface area contributed by atoms with Crippen molar-refractivity contribution in [1.82, 2.24) is 15.1 Å². The lowest BCUT2D eigenvalue weighted by molar-refractivity contribution is -0.0784. The highest BCUT2D eigenvalue weighted by atomic mass is 16.5. The van der Waals surface area contributed by atoms with E-state index >= 15 is 0 Å². The van der Waals surface area contributed by atoms with Gasteiger partial charge in [-0.05, 0) is 19.3 Å². The van der Waals surface area contributed by atoms with Gasteiger partial charge in [-0.15, -0.1) is 0 Å². The molecule has 1 saturated heterocycles. The molecule has 3 fully saturated rings. The van der Waals surface area contributed by atoms with Crippen molar-refractivity contribution in [3.63, 3.8) is 0 Å². The van der Waals surface area contributed by atoms with Crippen LogP contribution in [0.25, 0.3) is 0 Å². The van der Waals surface area contributed by atoms with Crippen molar-refractivity contribution in [2.24, 2.45) is 24.8 Å². The van der Waals surface area contributed by atoms with Gasteiger partial charge >= 0.3 is 0 Å². The van der Waals surface area contributed by atoms with Gasteiger partial charge in [-0.3, -0.25) is 9.48 Å². The quantitative estimate of drug-likeness (QED) is 0.930. The van der Waals surface area contributed by atoms with Crippen molar-refractivity contribution in [3.8, 4) is 0 Å². The number of carbonyl (C=O) groups excluding carboxylic acids is 1. The molecule has 4 atom stereocenters. The molecule has 0 aromatic carbocycles. The van der Waals surface area contributed by atoms with Crippen LogP contribution >= 0.6 is 0 Å². The van der Waals surface area contributed by atoms with E-state index < -0.39 is 0 Å². The number of hydrogen-bond donors (Lipinski definition) is 1. The van der Waals surface area contributed by atoms with Crippen molar-refractivity contribution in [2.75, 3.05) is 6.61 Å². The fourth-order valence-electron chi connectivity index (χ4n) is 4.91. The van der Waals surface area contributed by atoms with Gasteiger partial charge in [0, 0.05) is 37.7 Å². The molecule has 0 unspecified atom stereocenters. The molecule has 120 valence electrons. The lowest BCUT2D eigenvalue weighted by Crippen LogP contribution is -2.63. The summed E-state index contributed by atoms with van der Waals surface area (Å²) in [6.45, 7) is 2.75. The minimum Gasteiger partial charge on any atom is -0.377 e. The normalized spacial score (nSPS) is 34.5. The topological polar surface area (TPSA) is 56.2 Å². The summed E-state index contributed by atoms with van der Waals surface area (Å²) in [5.74, 6) is 1.81. The molecule has 1 N–H and O–H groups in total. The maximum absolute atomic E-state index is 12.6. The molecule has 5 nitrogen and oxygen atoms in total. The number of nitrogens with zero attached hydrogens (tertiary/aromatic N) is 2. The molecule has 0 spiro atoms. The van der Waals surface area contributed by atoms with E-state index in [2.05, 4.69) is 10.4 Å². The predicted octanol–water partition coefficient (Wildman–Crippen LogP) is 2.05. The summed E-state index contributed by atoms with van der Waals surface area (Å²) in [5.41, 5.74) is 1.51. The van der Waals surface area contributed by atoms with Gasteiger partial charge in [0.25, 0.3) is 5.91 Å². The Morgan fingerprint density at radius 1 is 1.36 bits per heavy atom. The molecular weight excluding hydrogens is 278 g/mol. The molecule has 3 aliphatic rings. The molecule has 2 heterocycles. The zero-order valence-electron chi connectivity index (χ0n) is 13.4. The summed E-state index contributed by atoms with van der Waals surface area (Å²) in [5, 5.41) is 7.59. The van der Waals surface area contributed by atoms with Crippen molar-refractivity contribution in [3.05, 3.63) is 17.5 Å². The van der Waals surface area contributed by atoms with E-state index in [1.807, 2.05) is 20.2 Å². The molecule has 1 aromatic heterocycles. The van der Waals surface area contributed by atoms with Crippen molar-refractivity contribution in [1.29, 1.82) is 0 Å². The zero-order chi connectivity index (χ0) is 15.3. The van der Waals surface area contributed by atoms with Gasteiger partial charge in [0.1, 0.15) is 0 Å². The Balaban J connectivity index is 1.50. The maximum atomic E-state index is 12.6. The van der Waals surface area contributed by atoms with E-state index in [0.717, 1.165) is 24.6 Å². The number of carbonyl (C=O) groups is 1. The van der Waals surface area contributed by atoms with E-state index in [1.54, 1.807) is 4.68 Å². The van der Waals surface area contributed by atoms with E-state index in [-0.39, 0.29) is 5.91 Å². The summed E-state index contributed by atoms with van der Waals surface area (Å²) < 4.78 is 7.66. The number of rotatable bonds is 3. The van der Waals surface area contributed by atoms with Crippen molar-refractivity contribution < 1.29 is 9.53 Å². The van der Waals surface area contributed by atoms with Crippen LogP contribution in [0, 0.1) is 24.7 Å². The van der Waals surface area contributed by atoms with Gasteiger partial charge in [-0.1, -0.05) is 25.7 Å². The first kappa shape index (κ1) is 14.2. The van der Waals surface area contributed by atoms with Crippen LogP contribution in [0.4, 0.5) is 0 Å². The Morgan fingerprint density at radius 3 is 2.82 bits per heavy atom. The second kappa shape index (κ2) is 5.37. The Kier molecular flexibility index (Phi) is 3.48. The lowest BCUT2D eigenvalue weighted by atomic mass is 9.61. The number of fused-ring (bicyclic) bond motifs is 1. The maximum Gasteiger partial charge on any atom is 0.254 e. The Hall–Kier alpha value is -1.36. The number of nitrogens with one attached hydrogen (secondary N) is 1. The largest absolute Gasteiger partial charge is 0.377 e. The molecule has 1 aliphatic heterocycles. The van der Waals surface area contributed by atoms with Gasteiger partial charge in [-0.25, -0.2) is 0 Å². The van der Waals surface area contributed by atoms with Crippen LogP contribution in [-0.2, 0) is 11.8 Å². The second-order valence-electron chi connectivity index (χ2n) is 7.21. The zero-order valence-corrected chi connectivity index (χ0v) is 13.4. The molecule has 0 bridgehead atoms. The Bertz CT molecular complexity index is 572. The number of amides is 1. The van der Waals surface area contributed by atoms with Crippen LogP contribution in [-0.4, -0.2) is 34.4 Å². The standard InChI is InChI=1S/C17H25N3O2/c1-10-13(9-20(2)19-10)17(21)18-15-12-7-8-22-16(12)14(15)11-5-3-4-6-11/h9,11-12,14-16H,3-8H2,1-2H3,(H,18,21)/t12-,14+,15+,16-/m1/s1. The fourth-order valence-corrected chi connectivity index (χ4v) is 4.91. The first-order chi connectivity index (χ1) is 10.6. The van der Waals surface area contributed by atoms with Crippen LogP contribution in [0.1, 0.15) is 48.2 Å². The minimum atomic E-state index is 0.0314. The van der Waals surface area contributed by atoms with Crippen LogP contribution in [0.2, 0.25) is 0 Å². The van der Waals surface area contributed by atoms with Crippen LogP contribution in [0.15, 0.2) is 6.20 Å². The molecule has 1 aromatic rings. The van der Waals surface area contributed by atoms with Crippen molar-refractivity contribution in [2.45, 2.75) is 51.2 Å². The number of ether oxygens (including phenoxy) is 1. The number of hydrogen-bond acceptors (Lipinski definition) is 3. The van der Waals surface area contributed by atoms with Gasteiger partial charge in [0.2, 0.25) is 0 Å². The van der Waals surface area contributed by atoms with E-state index in [1.165, 1.54) is 25.7 Å².